The molecule has 1 N–H and O–H groups in total. The van der Waals surface area contributed by atoms with Crippen molar-refractivity contribution in [3.63, 3.8) is 0 Å². The molecule has 102 valence electrons. The van der Waals surface area contributed by atoms with Crippen molar-refractivity contribution in [1.29, 1.82) is 0 Å². The van der Waals surface area contributed by atoms with Gasteiger partial charge in [-0.3, -0.25) is 4.98 Å². The highest BCUT2D eigenvalue weighted by Gasteiger charge is 2.28. The number of methoxy groups -OCH3 is 1. The Bertz CT molecular complexity index is 667. The van der Waals surface area contributed by atoms with E-state index >= 15 is 0 Å². The summed E-state index contributed by atoms with van der Waals surface area (Å²) in [6.07, 6.45) is 3.61. The van der Waals surface area contributed by atoms with E-state index in [1.807, 2.05) is 18.2 Å². The van der Waals surface area contributed by atoms with Crippen molar-refractivity contribution in [2.45, 2.75) is 18.8 Å². The average Bonchev–Trinajstić information content (AvgIpc) is 2.90. The monoisotopic (exact) mass is 269 g/mol. The van der Waals surface area contributed by atoms with Crippen LogP contribution in [0, 0.1) is 0 Å². The van der Waals surface area contributed by atoms with E-state index in [9.17, 15) is 9.90 Å². The Kier molecular flexibility index (Phi) is 3.14. The quantitative estimate of drug-likeness (QED) is 0.930. The lowest BCUT2D eigenvalue weighted by molar-refractivity contribution is 0.0695. The highest BCUT2D eigenvalue weighted by atomic mass is 16.5. The van der Waals surface area contributed by atoms with Gasteiger partial charge < -0.3 is 9.84 Å². The molecule has 0 spiro atoms. The molecule has 4 nitrogen and oxygen atoms in total. The van der Waals surface area contributed by atoms with Crippen molar-refractivity contribution >= 4 is 5.97 Å². The van der Waals surface area contributed by atoms with E-state index < -0.39 is 5.97 Å². The third-order valence-corrected chi connectivity index (χ3v) is 3.82. The SMILES string of the molecule is COc1ccc(C2CCc3cccnc32)c(C(=O)O)c1. The number of carbonyl (C=O) groups is 1. The molecule has 1 aromatic heterocycles. The summed E-state index contributed by atoms with van der Waals surface area (Å²) < 4.78 is 5.11. The zero-order valence-corrected chi connectivity index (χ0v) is 11.2. The fourth-order valence-corrected chi connectivity index (χ4v) is 2.87. The van der Waals surface area contributed by atoms with Crippen LogP contribution in [0.2, 0.25) is 0 Å². The van der Waals surface area contributed by atoms with E-state index in [1.54, 1.807) is 12.3 Å². The minimum atomic E-state index is -0.928. The van der Waals surface area contributed by atoms with Crippen molar-refractivity contribution in [3.8, 4) is 5.75 Å². The number of rotatable bonds is 3. The first-order valence-electron chi connectivity index (χ1n) is 6.55. The highest BCUT2D eigenvalue weighted by molar-refractivity contribution is 5.90. The smallest absolute Gasteiger partial charge is 0.336 e. The molecule has 1 atom stereocenters. The molecule has 4 heteroatoms. The van der Waals surface area contributed by atoms with Crippen molar-refractivity contribution in [2.75, 3.05) is 7.11 Å². The Labute approximate surface area is 117 Å². The Morgan fingerprint density at radius 2 is 2.25 bits per heavy atom. The van der Waals surface area contributed by atoms with E-state index in [2.05, 4.69) is 11.1 Å². The van der Waals surface area contributed by atoms with Gasteiger partial charge in [-0.15, -0.1) is 0 Å². The van der Waals surface area contributed by atoms with Gasteiger partial charge in [0.15, 0.2) is 0 Å². The van der Waals surface area contributed by atoms with Crippen LogP contribution >= 0.6 is 0 Å². The van der Waals surface area contributed by atoms with E-state index in [0.717, 1.165) is 24.1 Å². The van der Waals surface area contributed by atoms with Gasteiger partial charge in [-0.05, 0) is 42.2 Å². The van der Waals surface area contributed by atoms with E-state index in [-0.39, 0.29) is 5.92 Å². The summed E-state index contributed by atoms with van der Waals surface area (Å²) in [6, 6.07) is 9.22. The van der Waals surface area contributed by atoms with Gasteiger partial charge in [0.25, 0.3) is 0 Å². The van der Waals surface area contributed by atoms with Crippen LogP contribution in [0.15, 0.2) is 36.5 Å². The molecule has 1 heterocycles. The molecule has 3 rings (SSSR count). The zero-order chi connectivity index (χ0) is 14.1. The van der Waals surface area contributed by atoms with Crippen molar-refractivity contribution in [2.24, 2.45) is 0 Å². The van der Waals surface area contributed by atoms with Crippen molar-refractivity contribution in [3.05, 3.63) is 58.9 Å². The molecule has 1 unspecified atom stereocenters. The molecule has 0 saturated heterocycles. The predicted molar refractivity (Wildman–Crippen MR) is 74.4 cm³/mol. The lowest BCUT2D eigenvalue weighted by Gasteiger charge is -2.15. The molecule has 0 radical (unpaired) electrons. The highest BCUT2D eigenvalue weighted by Crippen LogP contribution is 2.38. The first kappa shape index (κ1) is 12.7. The number of benzene rings is 1. The third-order valence-electron chi connectivity index (χ3n) is 3.82. The van der Waals surface area contributed by atoms with Crippen LogP contribution in [0.1, 0.15) is 39.5 Å². The number of pyridine rings is 1. The Morgan fingerprint density at radius 1 is 1.40 bits per heavy atom. The summed E-state index contributed by atoms with van der Waals surface area (Å²) in [4.78, 5) is 15.9. The summed E-state index contributed by atoms with van der Waals surface area (Å²) in [5.74, 6) is -0.308. The first-order valence-corrected chi connectivity index (χ1v) is 6.55. The van der Waals surface area contributed by atoms with Gasteiger partial charge in [0.05, 0.1) is 18.4 Å². The van der Waals surface area contributed by atoms with Gasteiger partial charge in [-0.25, -0.2) is 4.79 Å². The van der Waals surface area contributed by atoms with Gasteiger partial charge >= 0.3 is 5.97 Å². The van der Waals surface area contributed by atoms with Crippen LogP contribution in [0.3, 0.4) is 0 Å². The molecule has 0 fully saturated rings. The minimum absolute atomic E-state index is 0.0585. The number of aromatic carboxylic acids is 1. The molecule has 0 saturated carbocycles. The number of aryl methyl sites for hydroxylation is 1. The number of carboxylic acid groups (broad SMARTS) is 1. The van der Waals surface area contributed by atoms with Gasteiger partial charge in [-0.1, -0.05) is 12.1 Å². The molecule has 2 aromatic rings. The molecule has 20 heavy (non-hydrogen) atoms. The second kappa shape index (κ2) is 4.96. The molecule has 1 aliphatic rings. The topological polar surface area (TPSA) is 59.4 Å². The fraction of sp³-hybridized carbons (Fsp3) is 0.250. The summed E-state index contributed by atoms with van der Waals surface area (Å²) in [5.41, 5.74) is 3.33. The van der Waals surface area contributed by atoms with Gasteiger partial charge in [0.1, 0.15) is 5.75 Å². The van der Waals surface area contributed by atoms with Crippen molar-refractivity contribution in [1.82, 2.24) is 4.98 Å². The summed E-state index contributed by atoms with van der Waals surface area (Å²) in [5, 5.41) is 9.42. The number of carboxylic acids is 1. The van der Waals surface area contributed by atoms with E-state index in [0.29, 0.717) is 11.3 Å². The molecule has 0 amide bonds. The zero-order valence-electron chi connectivity index (χ0n) is 11.2. The number of nitrogens with zero attached hydrogens (tertiary/aromatic N) is 1. The second-order valence-corrected chi connectivity index (χ2v) is 4.90. The summed E-state index contributed by atoms with van der Waals surface area (Å²) in [6.45, 7) is 0. The molecule has 1 aliphatic carbocycles. The van der Waals surface area contributed by atoms with Crippen LogP contribution in [0.4, 0.5) is 0 Å². The summed E-state index contributed by atoms with van der Waals surface area (Å²) >= 11 is 0. The van der Waals surface area contributed by atoms with Crippen LogP contribution in [0.25, 0.3) is 0 Å². The summed E-state index contributed by atoms with van der Waals surface area (Å²) in [7, 11) is 1.53. The largest absolute Gasteiger partial charge is 0.497 e. The Balaban J connectivity index is 2.09. The van der Waals surface area contributed by atoms with E-state index in [4.69, 9.17) is 4.74 Å². The van der Waals surface area contributed by atoms with Crippen molar-refractivity contribution < 1.29 is 14.6 Å². The van der Waals surface area contributed by atoms with Crippen LogP contribution in [-0.2, 0) is 6.42 Å². The molecular weight excluding hydrogens is 254 g/mol. The molecule has 1 aromatic carbocycles. The predicted octanol–water partition coefficient (Wildman–Crippen LogP) is 2.87. The fourth-order valence-electron chi connectivity index (χ4n) is 2.87. The third kappa shape index (κ3) is 2.03. The van der Waals surface area contributed by atoms with Crippen LogP contribution in [0.5, 0.6) is 5.75 Å². The Hall–Kier alpha value is -2.36. The average molecular weight is 269 g/mol. The van der Waals surface area contributed by atoms with Gasteiger partial charge in [0.2, 0.25) is 0 Å². The van der Waals surface area contributed by atoms with Gasteiger partial charge in [-0.2, -0.15) is 0 Å². The normalized spacial score (nSPS) is 16.8. The first-order chi connectivity index (χ1) is 9.70. The maximum Gasteiger partial charge on any atom is 0.336 e. The number of hydrogen-bond acceptors (Lipinski definition) is 3. The molecule has 0 bridgehead atoms. The number of hydrogen-bond donors (Lipinski definition) is 1. The van der Waals surface area contributed by atoms with Gasteiger partial charge in [0, 0.05) is 12.1 Å². The second-order valence-electron chi connectivity index (χ2n) is 4.90. The maximum absolute atomic E-state index is 11.5. The number of ether oxygens (including phenoxy) is 1. The minimum Gasteiger partial charge on any atom is -0.497 e. The number of fused-ring (bicyclic) bond motifs is 1. The van der Waals surface area contributed by atoms with E-state index in [1.165, 1.54) is 12.7 Å². The molecule has 0 aliphatic heterocycles. The Morgan fingerprint density at radius 3 is 3.00 bits per heavy atom. The maximum atomic E-state index is 11.5. The standard InChI is InChI=1S/C16H15NO3/c1-20-11-5-7-12(14(9-11)16(18)19)13-6-4-10-3-2-8-17-15(10)13/h2-3,5,7-9,13H,4,6H2,1H3,(H,18,19). The lowest BCUT2D eigenvalue weighted by Crippen LogP contribution is -2.08. The lowest BCUT2D eigenvalue weighted by atomic mass is 9.92. The number of aromatic nitrogens is 1. The van der Waals surface area contributed by atoms with Crippen LogP contribution < -0.4 is 4.74 Å². The van der Waals surface area contributed by atoms with Crippen LogP contribution in [-0.4, -0.2) is 23.2 Å². The molecular formula is C16H15NO3.